The molecule has 0 aromatic heterocycles. The van der Waals surface area contributed by atoms with Crippen LogP contribution in [-0.2, 0) is 4.79 Å². The summed E-state index contributed by atoms with van der Waals surface area (Å²) < 4.78 is 0. The number of hydrogen-bond donors (Lipinski definition) is 1. The highest BCUT2D eigenvalue weighted by Crippen LogP contribution is 2.49. The molecule has 2 bridgehead atoms. The van der Waals surface area contributed by atoms with Crippen LogP contribution in [0.2, 0.25) is 0 Å². The molecule has 0 heterocycles. The molecule has 76 valence electrons. The Balaban J connectivity index is 1.95. The lowest BCUT2D eigenvalue weighted by molar-refractivity contribution is -0.133. The van der Waals surface area contributed by atoms with Crippen molar-refractivity contribution in [3.8, 4) is 0 Å². The van der Waals surface area contributed by atoms with Crippen LogP contribution in [0, 0.1) is 23.7 Å². The van der Waals surface area contributed by atoms with E-state index in [4.69, 9.17) is 5.73 Å². The van der Waals surface area contributed by atoms with Gasteiger partial charge in [-0.05, 0) is 43.4 Å². The van der Waals surface area contributed by atoms with Crippen LogP contribution in [0.4, 0.5) is 0 Å². The molecule has 4 aliphatic carbocycles. The fourth-order valence-electron chi connectivity index (χ4n) is 3.68. The van der Waals surface area contributed by atoms with Crippen molar-refractivity contribution >= 4 is 5.78 Å². The molecule has 0 saturated heterocycles. The Morgan fingerprint density at radius 2 is 1.79 bits per heavy atom. The number of allylic oxidation sites excluding steroid dienone is 2. The second-order valence-electron chi connectivity index (χ2n) is 5.07. The molecule has 3 unspecified atom stereocenters. The lowest BCUT2D eigenvalue weighted by Crippen LogP contribution is -2.51. The fraction of sp³-hybridized carbons (Fsp3) is 0.750. The minimum Gasteiger partial charge on any atom is -0.321 e. The maximum Gasteiger partial charge on any atom is 0.153 e. The van der Waals surface area contributed by atoms with Crippen LogP contribution in [0.5, 0.6) is 0 Å². The molecule has 0 amide bonds. The Morgan fingerprint density at radius 3 is 2.50 bits per heavy atom. The van der Waals surface area contributed by atoms with Crippen LogP contribution < -0.4 is 5.73 Å². The van der Waals surface area contributed by atoms with Gasteiger partial charge in [0.05, 0.1) is 6.04 Å². The molecule has 0 aromatic rings. The number of rotatable bonds is 0. The lowest BCUT2D eigenvalue weighted by atomic mass is 9.56. The zero-order chi connectivity index (χ0) is 9.71. The number of Topliss-reactive ketones (excluding diaryl/α,β-unsaturated/α-hetero) is 1. The SMILES string of the molecule is NC1CCC2C(C1=O)[C@@H]1C=C[C@H]2CC1. The van der Waals surface area contributed by atoms with Crippen molar-refractivity contribution in [1.82, 2.24) is 0 Å². The number of ketones is 1. The highest BCUT2D eigenvalue weighted by molar-refractivity contribution is 5.88. The summed E-state index contributed by atoms with van der Waals surface area (Å²) in [5, 5.41) is 0. The summed E-state index contributed by atoms with van der Waals surface area (Å²) in [6.45, 7) is 0. The summed E-state index contributed by atoms with van der Waals surface area (Å²) in [6.07, 6.45) is 9.20. The van der Waals surface area contributed by atoms with Gasteiger partial charge in [0, 0.05) is 5.92 Å². The highest BCUT2D eigenvalue weighted by Gasteiger charge is 2.47. The molecule has 4 aliphatic rings. The van der Waals surface area contributed by atoms with Crippen LogP contribution in [-0.4, -0.2) is 11.8 Å². The van der Waals surface area contributed by atoms with E-state index in [0.29, 0.717) is 23.5 Å². The van der Waals surface area contributed by atoms with E-state index >= 15 is 0 Å². The van der Waals surface area contributed by atoms with Gasteiger partial charge in [0.1, 0.15) is 0 Å². The van der Waals surface area contributed by atoms with Gasteiger partial charge in [-0.2, -0.15) is 0 Å². The molecule has 2 saturated carbocycles. The van der Waals surface area contributed by atoms with Gasteiger partial charge in [0.25, 0.3) is 0 Å². The minimum atomic E-state index is -0.163. The summed E-state index contributed by atoms with van der Waals surface area (Å²) in [6, 6.07) is -0.163. The fourth-order valence-corrected chi connectivity index (χ4v) is 3.68. The maximum absolute atomic E-state index is 12.0. The Morgan fingerprint density at radius 1 is 1.07 bits per heavy atom. The second kappa shape index (κ2) is 2.93. The first-order valence-corrected chi connectivity index (χ1v) is 5.75. The van der Waals surface area contributed by atoms with Crippen LogP contribution in [0.1, 0.15) is 25.7 Å². The predicted octanol–water partition coefficient (Wildman–Crippen LogP) is 1.50. The lowest BCUT2D eigenvalue weighted by Gasteiger charge is -2.47. The van der Waals surface area contributed by atoms with E-state index in [0.717, 1.165) is 6.42 Å². The molecular formula is C12H17NO. The average Bonchev–Trinajstić information content (AvgIpc) is 2.25. The zero-order valence-corrected chi connectivity index (χ0v) is 8.36. The molecule has 0 aromatic carbocycles. The van der Waals surface area contributed by atoms with Crippen LogP contribution in [0.3, 0.4) is 0 Å². The van der Waals surface area contributed by atoms with Crippen molar-refractivity contribution in [3.63, 3.8) is 0 Å². The molecular weight excluding hydrogens is 174 g/mol. The average molecular weight is 191 g/mol. The van der Waals surface area contributed by atoms with Crippen molar-refractivity contribution in [3.05, 3.63) is 12.2 Å². The molecule has 2 heteroatoms. The van der Waals surface area contributed by atoms with Crippen molar-refractivity contribution in [2.24, 2.45) is 29.4 Å². The number of nitrogens with two attached hydrogens (primary N) is 1. The van der Waals surface area contributed by atoms with Crippen molar-refractivity contribution < 1.29 is 4.79 Å². The van der Waals surface area contributed by atoms with E-state index in [2.05, 4.69) is 12.2 Å². The quantitative estimate of drug-likeness (QED) is 0.590. The van der Waals surface area contributed by atoms with E-state index in [9.17, 15) is 4.79 Å². The molecule has 0 spiro atoms. The molecule has 0 radical (unpaired) electrons. The summed E-state index contributed by atoms with van der Waals surface area (Å²) in [4.78, 5) is 12.0. The summed E-state index contributed by atoms with van der Waals surface area (Å²) in [5.74, 6) is 2.46. The number of hydrogen-bond acceptors (Lipinski definition) is 2. The summed E-state index contributed by atoms with van der Waals surface area (Å²) in [5.41, 5.74) is 5.84. The van der Waals surface area contributed by atoms with E-state index in [-0.39, 0.29) is 12.0 Å². The van der Waals surface area contributed by atoms with E-state index in [1.54, 1.807) is 0 Å². The van der Waals surface area contributed by atoms with Gasteiger partial charge < -0.3 is 5.73 Å². The van der Waals surface area contributed by atoms with Gasteiger partial charge in [-0.25, -0.2) is 0 Å². The van der Waals surface area contributed by atoms with Crippen LogP contribution >= 0.6 is 0 Å². The third-order valence-electron chi connectivity index (χ3n) is 4.42. The summed E-state index contributed by atoms with van der Waals surface area (Å²) in [7, 11) is 0. The largest absolute Gasteiger partial charge is 0.321 e. The van der Waals surface area contributed by atoms with Crippen molar-refractivity contribution in [2.75, 3.05) is 0 Å². The highest BCUT2D eigenvalue weighted by atomic mass is 16.1. The maximum atomic E-state index is 12.0. The minimum absolute atomic E-state index is 0.163. The third kappa shape index (κ3) is 1.04. The Hall–Kier alpha value is -0.630. The van der Waals surface area contributed by atoms with Crippen molar-refractivity contribution in [2.45, 2.75) is 31.7 Å². The molecule has 2 nitrogen and oxygen atoms in total. The summed E-state index contributed by atoms with van der Waals surface area (Å²) >= 11 is 0. The standard InChI is InChI=1S/C12H17NO/c13-10-6-5-9-7-1-3-8(4-2-7)11(9)12(10)14/h1,3,7-11H,2,4-6,13H2/t7-,8+,9?,10?,11?/m0/s1. The van der Waals surface area contributed by atoms with E-state index < -0.39 is 0 Å². The van der Waals surface area contributed by atoms with E-state index in [1.807, 2.05) is 0 Å². The zero-order valence-electron chi connectivity index (χ0n) is 8.36. The van der Waals surface area contributed by atoms with Gasteiger partial charge in [0.15, 0.2) is 5.78 Å². The van der Waals surface area contributed by atoms with Gasteiger partial charge in [0.2, 0.25) is 0 Å². The number of fused-ring (bicyclic) bond motifs is 1. The van der Waals surface area contributed by atoms with Gasteiger partial charge in [-0.3, -0.25) is 4.79 Å². The predicted molar refractivity (Wildman–Crippen MR) is 54.6 cm³/mol. The Kier molecular flexibility index (Phi) is 1.81. The van der Waals surface area contributed by atoms with E-state index in [1.165, 1.54) is 19.3 Å². The van der Waals surface area contributed by atoms with Gasteiger partial charge in [-0.15, -0.1) is 0 Å². The van der Waals surface area contributed by atoms with Crippen LogP contribution in [0.15, 0.2) is 12.2 Å². The van der Waals surface area contributed by atoms with Gasteiger partial charge in [-0.1, -0.05) is 12.2 Å². The first kappa shape index (κ1) is 8.66. The van der Waals surface area contributed by atoms with Crippen molar-refractivity contribution in [1.29, 1.82) is 0 Å². The topological polar surface area (TPSA) is 43.1 Å². The number of carbonyl (C=O) groups excluding carboxylic acids is 1. The Labute approximate surface area is 84.5 Å². The van der Waals surface area contributed by atoms with Crippen LogP contribution in [0.25, 0.3) is 0 Å². The monoisotopic (exact) mass is 191 g/mol. The Bertz CT molecular complexity index is 297. The first-order valence-electron chi connectivity index (χ1n) is 5.75. The molecule has 4 rings (SSSR count). The second-order valence-corrected chi connectivity index (χ2v) is 5.07. The number of carbonyl (C=O) groups is 1. The molecule has 14 heavy (non-hydrogen) atoms. The third-order valence-corrected chi connectivity index (χ3v) is 4.42. The first-order chi connectivity index (χ1) is 6.77. The smallest absolute Gasteiger partial charge is 0.153 e. The molecule has 0 aliphatic heterocycles. The molecule has 2 fully saturated rings. The molecule has 5 atom stereocenters. The molecule has 2 N–H and O–H groups in total. The normalized spacial score (nSPS) is 50.6. The van der Waals surface area contributed by atoms with Gasteiger partial charge >= 0.3 is 0 Å².